The van der Waals surface area contributed by atoms with Crippen molar-refractivity contribution < 1.29 is 22.7 Å². The summed E-state index contributed by atoms with van der Waals surface area (Å²) in [5.41, 5.74) is 0.358. The molecular weight excluding hydrogens is 257 g/mol. The van der Waals surface area contributed by atoms with Gasteiger partial charge in [0, 0.05) is 12.0 Å². The van der Waals surface area contributed by atoms with Gasteiger partial charge in [0.15, 0.2) is 12.4 Å². The average Bonchev–Trinajstić information content (AvgIpc) is 2.25. The standard InChI is InChI=1S/C11H10ClF3O2/c1-2-9(16)7-3-4-10(8(12)5-7)17-6-11(13,14)15/h3-5H,2,6H2,1H3. The van der Waals surface area contributed by atoms with Crippen LogP contribution in [-0.4, -0.2) is 18.6 Å². The van der Waals surface area contributed by atoms with Crippen LogP contribution in [0, 0.1) is 0 Å². The molecule has 0 atom stereocenters. The smallest absolute Gasteiger partial charge is 0.422 e. The van der Waals surface area contributed by atoms with Crippen LogP contribution in [0.4, 0.5) is 13.2 Å². The highest BCUT2D eigenvalue weighted by molar-refractivity contribution is 6.32. The SMILES string of the molecule is CCC(=O)c1ccc(OCC(F)(F)F)c(Cl)c1. The van der Waals surface area contributed by atoms with Crippen molar-refractivity contribution in [3.05, 3.63) is 28.8 Å². The largest absolute Gasteiger partial charge is 0.483 e. The second kappa shape index (κ2) is 5.40. The van der Waals surface area contributed by atoms with Crippen molar-refractivity contribution in [2.75, 3.05) is 6.61 Å². The average molecular weight is 267 g/mol. The van der Waals surface area contributed by atoms with Gasteiger partial charge in [0.25, 0.3) is 0 Å². The number of hydrogen-bond donors (Lipinski definition) is 0. The Bertz CT molecular complexity index is 416. The fraction of sp³-hybridized carbons (Fsp3) is 0.364. The second-order valence-electron chi connectivity index (χ2n) is 3.33. The van der Waals surface area contributed by atoms with E-state index in [2.05, 4.69) is 4.74 Å². The van der Waals surface area contributed by atoms with Crippen molar-refractivity contribution in [1.82, 2.24) is 0 Å². The van der Waals surface area contributed by atoms with Crippen LogP contribution in [0.25, 0.3) is 0 Å². The van der Waals surface area contributed by atoms with E-state index in [1.807, 2.05) is 0 Å². The van der Waals surface area contributed by atoms with Crippen LogP contribution in [0.5, 0.6) is 5.75 Å². The van der Waals surface area contributed by atoms with Crippen LogP contribution in [0.2, 0.25) is 5.02 Å². The zero-order valence-electron chi connectivity index (χ0n) is 8.97. The van der Waals surface area contributed by atoms with E-state index in [0.29, 0.717) is 12.0 Å². The van der Waals surface area contributed by atoms with Crippen LogP contribution in [-0.2, 0) is 0 Å². The molecule has 0 fully saturated rings. The van der Waals surface area contributed by atoms with E-state index in [0.717, 1.165) is 0 Å². The van der Waals surface area contributed by atoms with Gasteiger partial charge >= 0.3 is 6.18 Å². The van der Waals surface area contributed by atoms with Crippen molar-refractivity contribution >= 4 is 17.4 Å². The van der Waals surface area contributed by atoms with Gasteiger partial charge in [-0.25, -0.2) is 0 Å². The summed E-state index contributed by atoms with van der Waals surface area (Å²) in [5, 5.41) is -0.00597. The first-order chi connectivity index (χ1) is 7.83. The third kappa shape index (κ3) is 4.26. The van der Waals surface area contributed by atoms with E-state index >= 15 is 0 Å². The minimum absolute atomic E-state index is 0.00597. The lowest BCUT2D eigenvalue weighted by Crippen LogP contribution is -2.19. The third-order valence-corrected chi connectivity index (χ3v) is 2.26. The highest BCUT2D eigenvalue weighted by atomic mass is 35.5. The maximum absolute atomic E-state index is 11.9. The first-order valence-electron chi connectivity index (χ1n) is 4.86. The Balaban J connectivity index is 2.80. The number of carbonyl (C=O) groups is 1. The summed E-state index contributed by atoms with van der Waals surface area (Å²) in [6.45, 7) is 0.276. The number of ether oxygens (including phenoxy) is 1. The molecule has 0 radical (unpaired) electrons. The summed E-state index contributed by atoms with van der Waals surface area (Å²) in [4.78, 5) is 11.3. The first-order valence-corrected chi connectivity index (χ1v) is 5.23. The minimum atomic E-state index is -4.42. The number of halogens is 4. The summed E-state index contributed by atoms with van der Waals surface area (Å²) in [7, 11) is 0. The number of benzene rings is 1. The molecule has 94 valence electrons. The predicted octanol–water partition coefficient (Wildman–Crippen LogP) is 3.87. The highest BCUT2D eigenvalue weighted by Gasteiger charge is 2.28. The fourth-order valence-electron chi connectivity index (χ4n) is 1.16. The van der Waals surface area contributed by atoms with E-state index in [1.165, 1.54) is 18.2 Å². The van der Waals surface area contributed by atoms with Crippen molar-refractivity contribution in [2.24, 2.45) is 0 Å². The zero-order chi connectivity index (χ0) is 13.1. The van der Waals surface area contributed by atoms with E-state index in [1.54, 1.807) is 6.92 Å². The molecule has 0 saturated carbocycles. The van der Waals surface area contributed by atoms with Gasteiger partial charge in [0.1, 0.15) is 5.75 Å². The molecule has 6 heteroatoms. The van der Waals surface area contributed by atoms with E-state index < -0.39 is 12.8 Å². The molecule has 17 heavy (non-hydrogen) atoms. The molecule has 0 aliphatic carbocycles. The molecule has 0 amide bonds. The second-order valence-corrected chi connectivity index (χ2v) is 3.73. The lowest BCUT2D eigenvalue weighted by Gasteiger charge is -2.10. The van der Waals surface area contributed by atoms with Gasteiger partial charge in [-0.15, -0.1) is 0 Å². The van der Waals surface area contributed by atoms with Crippen LogP contribution in [0.3, 0.4) is 0 Å². The van der Waals surface area contributed by atoms with Crippen molar-refractivity contribution in [3.8, 4) is 5.75 Å². The topological polar surface area (TPSA) is 26.3 Å². The van der Waals surface area contributed by atoms with Crippen molar-refractivity contribution in [3.63, 3.8) is 0 Å². The molecule has 2 nitrogen and oxygen atoms in total. The van der Waals surface area contributed by atoms with E-state index in [4.69, 9.17) is 11.6 Å². The van der Waals surface area contributed by atoms with Crippen molar-refractivity contribution in [2.45, 2.75) is 19.5 Å². The van der Waals surface area contributed by atoms with Gasteiger partial charge in [-0.2, -0.15) is 13.2 Å². The molecule has 1 rings (SSSR count). The molecule has 0 aliphatic heterocycles. The molecule has 0 aromatic heterocycles. The third-order valence-electron chi connectivity index (χ3n) is 1.97. The molecule has 1 aromatic rings. The Morgan fingerprint density at radius 2 is 2.06 bits per heavy atom. The van der Waals surface area contributed by atoms with Gasteiger partial charge in [-0.05, 0) is 18.2 Å². The fourth-order valence-corrected chi connectivity index (χ4v) is 1.39. The van der Waals surface area contributed by atoms with E-state index in [9.17, 15) is 18.0 Å². The van der Waals surface area contributed by atoms with Gasteiger partial charge in [-0.1, -0.05) is 18.5 Å². The van der Waals surface area contributed by atoms with Gasteiger partial charge in [0.05, 0.1) is 5.02 Å². The summed E-state index contributed by atoms with van der Waals surface area (Å²) >= 11 is 5.71. The van der Waals surface area contributed by atoms with Crippen LogP contribution in [0.15, 0.2) is 18.2 Å². The molecule has 0 unspecified atom stereocenters. The zero-order valence-corrected chi connectivity index (χ0v) is 9.73. The Labute approximate surface area is 101 Å². The molecule has 0 heterocycles. The molecular formula is C11H10ClF3O2. The van der Waals surface area contributed by atoms with Crippen molar-refractivity contribution in [1.29, 1.82) is 0 Å². The summed E-state index contributed by atoms with van der Waals surface area (Å²) in [5.74, 6) is -0.217. The van der Waals surface area contributed by atoms with Crippen LogP contribution < -0.4 is 4.74 Å². The lowest BCUT2D eigenvalue weighted by molar-refractivity contribution is -0.153. The Morgan fingerprint density at radius 1 is 1.41 bits per heavy atom. The van der Waals surface area contributed by atoms with Gasteiger partial charge in [-0.3, -0.25) is 4.79 Å². The first kappa shape index (κ1) is 13.8. The predicted molar refractivity (Wildman–Crippen MR) is 57.6 cm³/mol. The lowest BCUT2D eigenvalue weighted by atomic mass is 10.1. The van der Waals surface area contributed by atoms with Gasteiger partial charge in [0.2, 0.25) is 0 Å². The molecule has 1 aromatic carbocycles. The molecule has 0 aliphatic rings. The number of carbonyl (C=O) groups excluding carboxylic acids is 1. The maximum Gasteiger partial charge on any atom is 0.422 e. The van der Waals surface area contributed by atoms with E-state index in [-0.39, 0.29) is 16.6 Å². The maximum atomic E-state index is 11.9. The summed E-state index contributed by atoms with van der Waals surface area (Å²) in [6, 6.07) is 3.96. The molecule has 0 spiro atoms. The van der Waals surface area contributed by atoms with Crippen LogP contribution in [0.1, 0.15) is 23.7 Å². The minimum Gasteiger partial charge on any atom is -0.483 e. The number of rotatable bonds is 4. The summed E-state index contributed by atoms with van der Waals surface area (Å²) in [6.07, 6.45) is -4.11. The number of alkyl halides is 3. The number of Topliss-reactive ketones (excluding diaryl/α,β-unsaturated/α-hetero) is 1. The normalized spacial score (nSPS) is 11.4. The molecule has 0 bridgehead atoms. The monoisotopic (exact) mass is 266 g/mol. The Hall–Kier alpha value is -1.23. The summed E-state index contributed by atoms with van der Waals surface area (Å²) < 4.78 is 40.2. The number of ketones is 1. The quantitative estimate of drug-likeness (QED) is 0.773. The van der Waals surface area contributed by atoms with Crippen LogP contribution >= 0.6 is 11.6 Å². The Kier molecular flexibility index (Phi) is 4.40. The number of hydrogen-bond acceptors (Lipinski definition) is 2. The van der Waals surface area contributed by atoms with Gasteiger partial charge < -0.3 is 4.74 Å². The molecule has 0 N–H and O–H groups in total. The highest BCUT2D eigenvalue weighted by Crippen LogP contribution is 2.27. The molecule has 0 saturated heterocycles. The Morgan fingerprint density at radius 3 is 2.53 bits per heavy atom.